The molecule has 0 aromatic heterocycles. The van der Waals surface area contributed by atoms with Gasteiger partial charge in [-0.3, -0.25) is 9.69 Å². The van der Waals surface area contributed by atoms with Crippen LogP contribution in [0.5, 0.6) is 0 Å². The van der Waals surface area contributed by atoms with E-state index in [9.17, 15) is 21.6 Å². The lowest BCUT2D eigenvalue weighted by Crippen LogP contribution is -2.60. The van der Waals surface area contributed by atoms with Crippen molar-refractivity contribution >= 4 is 25.8 Å². The third-order valence-corrected chi connectivity index (χ3v) is 9.99. The van der Waals surface area contributed by atoms with E-state index < -0.39 is 30.5 Å². The minimum atomic E-state index is -3.86. The molecule has 0 aromatic rings. The molecule has 1 amide bonds. The monoisotopic (exact) mass is 436 g/mol. The second-order valence-corrected chi connectivity index (χ2v) is 12.8. The van der Waals surface area contributed by atoms with E-state index in [1.807, 2.05) is 0 Å². The smallest absolute Gasteiger partial charge is 0.237 e. The Hall–Kier alpha value is -0.750. The summed E-state index contributed by atoms with van der Waals surface area (Å²) >= 11 is 0. The van der Waals surface area contributed by atoms with Crippen molar-refractivity contribution in [1.29, 1.82) is 0 Å². The Kier molecular flexibility index (Phi) is 6.41. The number of carbonyl (C=O) groups excluding carboxylic acids is 1. The summed E-state index contributed by atoms with van der Waals surface area (Å²) in [6.45, 7) is 2.91. The van der Waals surface area contributed by atoms with Crippen LogP contribution in [-0.2, 0) is 24.7 Å². The number of sulfonamides is 1. The average molecular weight is 437 g/mol. The van der Waals surface area contributed by atoms with Crippen LogP contribution in [-0.4, -0.2) is 87.7 Å². The maximum atomic E-state index is 12.2. The molecule has 3 atom stereocenters. The summed E-state index contributed by atoms with van der Waals surface area (Å²) < 4.78 is 49.3. The Bertz CT molecular complexity index is 796. The minimum Gasteiger partial charge on any atom is -0.368 e. The van der Waals surface area contributed by atoms with Gasteiger partial charge in [0.25, 0.3) is 0 Å². The molecule has 3 fully saturated rings. The lowest BCUT2D eigenvalue weighted by atomic mass is 9.87. The number of piperidine rings is 2. The van der Waals surface area contributed by atoms with Gasteiger partial charge in [0.05, 0.1) is 0 Å². The summed E-state index contributed by atoms with van der Waals surface area (Å²) in [5.74, 6) is -0.222. The predicted octanol–water partition coefficient (Wildman–Crippen LogP) is -0.755. The van der Waals surface area contributed by atoms with Crippen molar-refractivity contribution in [3.8, 4) is 0 Å². The summed E-state index contributed by atoms with van der Waals surface area (Å²) in [5, 5.41) is -0.882. The molecule has 3 heterocycles. The van der Waals surface area contributed by atoms with Crippen LogP contribution in [0.1, 0.15) is 44.9 Å². The predicted molar refractivity (Wildman–Crippen MR) is 107 cm³/mol. The van der Waals surface area contributed by atoms with Crippen LogP contribution in [0.15, 0.2) is 0 Å². The standard InChI is InChI=1S/C17H32N4O5S2/c1-27(23,24)13-28(25,26)19-14-4-3-9-20(12-14)10-11-21-15-5-2-7-17(21,8-6-15)16(18)22/h14-15,19H,2-13H2,1H3,(H2,18,22)/t14-,15-,17+/m1/s1. The third-order valence-electron chi connectivity index (χ3n) is 6.35. The molecule has 0 aliphatic carbocycles. The fourth-order valence-electron chi connectivity index (χ4n) is 5.21. The Morgan fingerprint density at radius 3 is 2.54 bits per heavy atom. The van der Waals surface area contributed by atoms with E-state index >= 15 is 0 Å². The van der Waals surface area contributed by atoms with Gasteiger partial charge in [-0.2, -0.15) is 0 Å². The van der Waals surface area contributed by atoms with E-state index in [4.69, 9.17) is 5.73 Å². The number of sulfone groups is 1. The molecule has 0 aromatic carbocycles. The third kappa shape index (κ3) is 5.05. The summed E-state index contributed by atoms with van der Waals surface area (Å²) in [5.41, 5.74) is 5.26. The zero-order chi connectivity index (χ0) is 20.6. The van der Waals surface area contributed by atoms with E-state index in [-0.39, 0.29) is 11.9 Å². The number of rotatable bonds is 8. The molecule has 0 spiro atoms. The fourth-order valence-corrected chi connectivity index (χ4v) is 8.44. The summed E-state index contributed by atoms with van der Waals surface area (Å²) in [7, 11) is -7.47. The van der Waals surface area contributed by atoms with Gasteiger partial charge < -0.3 is 10.6 Å². The molecular weight excluding hydrogens is 404 g/mol. The lowest BCUT2D eigenvalue weighted by Gasteiger charge is -2.44. The Labute approximate surface area is 168 Å². The van der Waals surface area contributed by atoms with Gasteiger partial charge in [-0.15, -0.1) is 0 Å². The van der Waals surface area contributed by atoms with Crippen LogP contribution in [0.25, 0.3) is 0 Å². The molecule has 2 bridgehead atoms. The highest BCUT2D eigenvalue weighted by Gasteiger charge is 2.52. The maximum absolute atomic E-state index is 12.2. The highest BCUT2D eigenvalue weighted by molar-refractivity contribution is 8.06. The number of hydrogen-bond acceptors (Lipinski definition) is 7. The first-order chi connectivity index (χ1) is 13.0. The minimum absolute atomic E-state index is 0.222. The van der Waals surface area contributed by atoms with Crippen molar-refractivity contribution in [2.45, 2.75) is 62.6 Å². The number of likely N-dealkylation sites (tertiary alicyclic amines) is 1. The number of primary amides is 1. The number of carbonyl (C=O) groups is 1. The van der Waals surface area contributed by atoms with Crippen LogP contribution in [0.2, 0.25) is 0 Å². The largest absolute Gasteiger partial charge is 0.368 e. The van der Waals surface area contributed by atoms with E-state index in [0.29, 0.717) is 19.0 Å². The van der Waals surface area contributed by atoms with Gasteiger partial charge in [0.15, 0.2) is 14.9 Å². The highest BCUT2D eigenvalue weighted by Crippen LogP contribution is 2.43. The molecule has 162 valence electrons. The molecule has 11 heteroatoms. The van der Waals surface area contributed by atoms with Crippen LogP contribution in [0.3, 0.4) is 0 Å². The van der Waals surface area contributed by atoms with E-state index in [1.165, 1.54) is 0 Å². The van der Waals surface area contributed by atoms with Gasteiger partial charge in [-0.1, -0.05) is 0 Å². The zero-order valence-electron chi connectivity index (χ0n) is 16.5. The van der Waals surface area contributed by atoms with E-state index in [1.54, 1.807) is 0 Å². The first-order valence-electron chi connectivity index (χ1n) is 9.97. The second-order valence-electron chi connectivity index (χ2n) is 8.59. The topological polar surface area (TPSA) is 130 Å². The Balaban J connectivity index is 1.56. The maximum Gasteiger partial charge on any atom is 0.237 e. The SMILES string of the molecule is CS(=O)(=O)CS(=O)(=O)N[C@@H]1CCCN(CCN2[C@@H]3CCC[C@@]2(C(N)=O)CC3)C1. The molecule has 3 N–H and O–H groups in total. The molecule has 3 rings (SSSR count). The van der Waals surface area contributed by atoms with Crippen molar-refractivity contribution in [2.75, 3.05) is 37.5 Å². The van der Waals surface area contributed by atoms with Crippen LogP contribution >= 0.6 is 0 Å². The summed E-state index contributed by atoms with van der Waals surface area (Å²) in [4.78, 5) is 16.6. The Morgan fingerprint density at radius 1 is 1.11 bits per heavy atom. The first kappa shape index (κ1) is 21.9. The van der Waals surface area contributed by atoms with Crippen molar-refractivity contribution in [1.82, 2.24) is 14.5 Å². The summed E-state index contributed by atoms with van der Waals surface area (Å²) in [6.07, 6.45) is 7.26. The molecule has 3 saturated heterocycles. The van der Waals surface area contributed by atoms with Gasteiger partial charge in [0, 0.05) is 38.0 Å². The number of hydrogen-bond donors (Lipinski definition) is 2. The van der Waals surface area contributed by atoms with Crippen molar-refractivity contribution in [3.05, 3.63) is 0 Å². The van der Waals surface area contributed by atoms with E-state index in [0.717, 1.165) is 64.4 Å². The number of fused-ring (bicyclic) bond motifs is 2. The van der Waals surface area contributed by atoms with E-state index in [2.05, 4.69) is 14.5 Å². The molecule has 0 saturated carbocycles. The first-order valence-corrected chi connectivity index (χ1v) is 13.7. The fraction of sp³-hybridized carbons (Fsp3) is 0.941. The molecule has 9 nitrogen and oxygen atoms in total. The van der Waals surface area contributed by atoms with Gasteiger partial charge >= 0.3 is 0 Å². The van der Waals surface area contributed by atoms with Crippen LogP contribution < -0.4 is 10.5 Å². The zero-order valence-corrected chi connectivity index (χ0v) is 18.1. The van der Waals surface area contributed by atoms with Crippen LogP contribution in [0.4, 0.5) is 0 Å². The molecule has 3 aliphatic heterocycles. The molecule has 0 unspecified atom stereocenters. The van der Waals surface area contributed by atoms with Gasteiger partial charge in [0.1, 0.15) is 5.54 Å². The molecular formula is C17H32N4O5S2. The number of nitrogens with one attached hydrogen (secondary N) is 1. The van der Waals surface area contributed by atoms with Crippen molar-refractivity contribution in [3.63, 3.8) is 0 Å². The number of nitrogens with zero attached hydrogens (tertiary/aromatic N) is 2. The molecule has 3 aliphatic rings. The van der Waals surface area contributed by atoms with Gasteiger partial charge in [0.2, 0.25) is 15.9 Å². The highest BCUT2D eigenvalue weighted by atomic mass is 32.3. The Morgan fingerprint density at radius 2 is 1.86 bits per heavy atom. The molecule has 28 heavy (non-hydrogen) atoms. The average Bonchev–Trinajstić information content (AvgIpc) is 2.75. The van der Waals surface area contributed by atoms with Crippen molar-refractivity contribution < 1.29 is 21.6 Å². The quantitative estimate of drug-likeness (QED) is 0.512. The van der Waals surface area contributed by atoms with Gasteiger partial charge in [-0.25, -0.2) is 21.6 Å². The van der Waals surface area contributed by atoms with Crippen molar-refractivity contribution in [2.24, 2.45) is 5.73 Å². The number of nitrogens with two attached hydrogens (primary N) is 1. The second kappa shape index (κ2) is 8.17. The van der Waals surface area contributed by atoms with Crippen LogP contribution in [0, 0.1) is 0 Å². The van der Waals surface area contributed by atoms with Gasteiger partial charge in [-0.05, 0) is 51.5 Å². The molecule has 0 radical (unpaired) electrons. The number of amides is 1. The summed E-state index contributed by atoms with van der Waals surface area (Å²) in [6, 6.07) is 0.124. The normalized spacial score (nSPS) is 32.5. The lowest BCUT2D eigenvalue weighted by molar-refractivity contribution is -0.131.